The van der Waals surface area contributed by atoms with Crippen molar-refractivity contribution < 1.29 is 19.1 Å². The SMILES string of the molecule is CCc1ccccc1N1C[C@@H](C(=O)O[C@H](C)C(=O)Nc2c(C)cccc2C)CC1=O. The number of anilines is 2. The molecule has 0 radical (unpaired) electrons. The smallest absolute Gasteiger partial charge is 0.312 e. The molecule has 1 saturated heterocycles. The maximum absolute atomic E-state index is 12.6. The number of para-hydroxylation sites is 2. The van der Waals surface area contributed by atoms with E-state index in [1.54, 1.807) is 11.8 Å². The zero-order chi connectivity index (χ0) is 21.8. The lowest BCUT2D eigenvalue weighted by Gasteiger charge is -2.20. The van der Waals surface area contributed by atoms with Crippen LogP contribution in [0.3, 0.4) is 0 Å². The van der Waals surface area contributed by atoms with Gasteiger partial charge in [0.05, 0.1) is 5.92 Å². The number of ether oxygens (including phenoxy) is 1. The molecule has 2 amide bonds. The minimum atomic E-state index is -0.955. The molecule has 30 heavy (non-hydrogen) atoms. The highest BCUT2D eigenvalue weighted by Crippen LogP contribution is 2.29. The number of amides is 2. The molecule has 2 aromatic rings. The quantitative estimate of drug-likeness (QED) is 0.738. The third-order valence-corrected chi connectivity index (χ3v) is 5.51. The molecule has 0 spiro atoms. The summed E-state index contributed by atoms with van der Waals surface area (Å²) in [6.45, 7) is 7.65. The van der Waals surface area contributed by atoms with Gasteiger partial charge in [0, 0.05) is 24.3 Å². The van der Waals surface area contributed by atoms with Gasteiger partial charge in [-0.3, -0.25) is 14.4 Å². The highest BCUT2D eigenvalue weighted by atomic mass is 16.5. The number of hydrogen-bond donors (Lipinski definition) is 1. The minimum absolute atomic E-state index is 0.0854. The Balaban J connectivity index is 1.63. The Bertz CT molecular complexity index is 949. The summed E-state index contributed by atoms with van der Waals surface area (Å²) in [6.07, 6.45) is -0.0734. The molecule has 1 aliphatic heterocycles. The standard InChI is InChI=1S/C24H28N2O4/c1-5-18-11-6-7-12-20(18)26-14-19(13-21(26)27)24(29)30-17(4)23(28)25-22-15(2)9-8-10-16(22)3/h6-12,17,19H,5,13-14H2,1-4H3,(H,25,28)/t17-,19+/m1/s1. The van der Waals surface area contributed by atoms with Gasteiger partial charge in [-0.2, -0.15) is 0 Å². The molecule has 0 saturated carbocycles. The molecule has 1 heterocycles. The number of hydrogen-bond acceptors (Lipinski definition) is 4. The molecule has 6 nitrogen and oxygen atoms in total. The van der Waals surface area contributed by atoms with Crippen LogP contribution in [0.25, 0.3) is 0 Å². The number of nitrogens with one attached hydrogen (secondary N) is 1. The predicted octanol–water partition coefficient (Wildman–Crippen LogP) is 3.79. The van der Waals surface area contributed by atoms with Crippen molar-refractivity contribution in [1.29, 1.82) is 0 Å². The number of rotatable bonds is 6. The Morgan fingerprint density at radius 3 is 2.47 bits per heavy atom. The van der Waals surface area contributed by atoms with E-state index in [1.807, 2.05) is 63.2 Å². The Morgan fingerprint density at radius 2 is 1.80 bits per heavy atom. The maximum Gasteiger partial charge on any atom is 0.312 e. The molecule has 0 aliphatic carbocycles. The monoisotopic (exact) mass is 408 g/mol. The Hall–Kier alpha value is -3.15. The summed E-state index contributed by atoms with van der Waals surface area (Å²) in [5.74, 6) is -1.61. The van der Waals surface area contributed by atoms with Gasteiger partial charge in [0.25, 0.3) is 5.91 Å². The summed E-state index contributed by atoms with van der Waals surface area (Å²) in [6, 6.07) is 13.4. The van der Waals surface area contributed by atoms with E-state index in [0.29, 0.717) is 0 Å². The number of carbonyl (C=O) groups is 3. The van der Waals surface area contributed by atoms with Crippen LogP contribution < -0.4 is 10.2 Å². The third kappa shape index (κ3) is 4.53. The number of carbonyl (C=O) groups excluding carboxylic acids is 3. The highest BCUT2D eigenvalue weighted by Gasteiger charge is 2.37. The number of benzene rings is 2. The highest BCUT2D eigenvalue weighted by molar-refractivity contribution is 6.01. The van der Waals surface area contributed by atoms with Crippen LogP contribution in [0.1, 0.15) is 37.0 Å². The van der Waals surface area contributed by atoms with E-state index in [2.05, 4.69) is 5.32 Å². The summed E-state index contributed by atoms with van der Waals surface area (Å²) >= 11 is 0. The van der Waals surface area contributed by atoms with Gasteiger partial charge in [-0.1, -0.05) is 43.3 Å². The molecule has 1 N–H and O–H groups in total. The van der Waals surface area contributed by atoms with E-state index in [0.717, 1.165) is 34.5 Å². The molecular formula is C24H28N2O4. The van der Waals surface area contributed by atoms with Gasteiger partial charge in [0.1, 0.15) is 0 Å². The van der Waals surface area contributed by atoms with Crippen LogP contribution in [0.4, 0.5) is 11.4 Å². The number of aryl methyl sites for hydroxylation is 3. The van der Waals surface area contributed by atoms with Crippen molar-refractivity contribution in [1.82, 2.24) is 0 Å². The van der Waals surface area contributed by atoms with Crippen molar-refractivity contribution in [2.24, 2.45) is 5.92 Å². The lowest BCUT2D eigenvalue weighted by Crippen LogP contribution is -2.33. The Morgan fingerprint density at radius 1 is 1.13 bits per heavy atom. The van der Waals surface area contributed by atoms with Gasteiger partial charge in [0.2, 0.25) is 5.91 Å². The Kier molecular flexibility index (Phi) is 6.55. The molecule has 6 heteroatoms. The van der Waals surface area contributed by atoms with Crippen LogP contribution in [-0.2, 0) is 25.5 Å². The second-order valence-electron chi connectivity index (χ2n) is 7.72. The van der Waals surface area contributed by atoms with Crippen molar-refractivity contribution in [3.8, 4) is 0 Å². The first-order chi connectivity index (χ1) is 14.3. The topological polar surface area (TPSA) is 75.7 Å². The van der Waals surface area contributed by atoms with Crippen LogP contribution in [0, 0.1) is 19.8 Å². The summed E-state index contributed by atoms with van der Waals surface area (Å²) in [4.78, 5) is 39.4. The summed E-state index contributed by atoms with van der Waals surface area (Å²) in [7, 11) is 0. The molecule has 158 valence electrons. The summed E-state index contributed by atoms with van der Waals surface area (Å²) in [5.41, 5.74) is 4.49. The lowest BCUT2D eigenvalue weighted by atomic mass is 10.1. The molecule has 1 aliphatic rings. The lowest BCUT2D eigenvalue weighted by molar-refractivity contribution is -0.157. The van der Waals surface area contributed by atoms with Crippen LogP contribution >= 0.6 is 0 Å². The normalized spacial score (nSPS) is 17.0. The van der Waals surface area contributed by atoms with Gasteiger partial charge >= 0.3 is 5.97 Å². The average Bonchev–Trinajstić information content (AvgIpc) is 3.12. The first-order valence-electron chi connectivity index (χ1n) is 10.3. The molecule has 0 bridgehead atoms. The molecule has 1 fully saturated rings. The molecule has 3 rings (SSSR count). The number of nitrogens with zero attached hydrogens (tertiary/aromatic N) is 1. The molecule has 0 aromatic heterocycles. The minimum Gasteiger partial charge on any atom is -0.452 e. The van der Waals surface area contributed by atoms with Gasteiger partial charge < -0.3 is 15.0 Å². The number of esters is 1. The van der Waals surface area contributed by atoms with Crippen molar-refractivity contribution in [3.05, 3.63) is 59.2 Å². The van der Waals surface area contributed by atoms with Crippen LogP contribution in [0.15, 0.2) is 42.5 Å². The van der Waals surface area contributed by atoms with Crippen LogP contribution in [0.2, 0.25) is 0 Å². The maximum atomic E-state index is 12.6. The third-order valence-electron chi connectivity index (χ3n) is 5.51. The van der Waals surface area contributed by atoms with E-state index in [1.165, 1.54) is 0 Å². The summed E-state index contributed by atoms with van der Waals surface area (Å²) in [5, 5.41) is 2.84. The second kappa shape index (κ2) is 9.11. The fourth-order valence-electron chi connectivity index (χ4n) is 3.73. The van der Waals surface area contributed by atoms with E-state index in [4.69, 9.17) is 4.74 Å². The zero-order valence-electron chi connectivity index (χ0n) is 17.9. The Labute approximate surface area is 177 Å². The van der Waals surface area contributed by atoms with E-state index in [-0.39, 0.29) is 18.9 Å². The van der Waals surface area contributed by atoms with E-state index < -0.39 is 23.9 Å². The molecule has 2 atom stereocenters. The predicted molar refractivity (Wildman–Crippen MR) is 116 cm³/mol. The van der Waals surface area contributed by atoms with Gasteiger partial charge in [-0.15, -0.1) is 0 Å². The largest absolute Gasteiger partial charge is 0.452 e. The first-order valence-corrected chi connectivity index (χ1v) is 10.3. The fraction of sp³-hybridized carbons (Fsp3) is 0.375. The molecule has 2 aromatic carbocycles. The average molecular weight is 408 g/mol. The zero-order valence-corrected chi connectivity index (χ0v) is 17.9. The molecular weight excluding hydrogens is 380 g/mol. The first kappa shape index (κ1) is 21.6. The summed E-state index contributed by atoms with van der Waals surface area (Å²) < 4.78 is 5.41. The van der Waals surface area contributed by atoms with Crippen LogP contribution in [0.5, 0.6) is 0 Å². The van der Waals surface area contributed by atoms with Gasteiger partial charge in [-0.05, 0) is 49.9 Å². The van der Waals surface area contributed by atoms with Crippen molar-refractivity contribution in [3.63, 3.8) is 0 Å². The van der Waals surface area contributed by atoms with Crippen molar-refractivity contribution in [2.75, 3.05) is 16.8 Å². The fourth-order valence-corrected chi connectivity index (χ4v) is 3.73. The molecule has 0 unspecified atom stereocenters. The van der Waals surface area contributed by atoms with E-state index in [9.17, 15) is 14.4 Å². The van der Waals surface area contributed by atoms with Crippen LogP contribution in [-0.4, -0.2) is 30.4 Å². The van der Waals surface area contributed by atoms with Gasteiger partial charge in [-0.25, -0.2) is 0 Å². The van der Waals surface area contributed by atoms with Crippen molar-refractivity contribution in [2.45, 2.75) is 46.6 Å². The second-order valence-corrected chi connectivity index (χ2v) is 7.72. The van der Waals surface area contributed by atoms with Gasteiger partial charge in [0.15, 0.2) is 6.10 Å². The van der Waals surface area contributed by atoms with Crippen molar-refractivity contribution >= 4 is 29.2 Å². The van der Waals surface area contributed by atoms with E-state index >= 15 is 0 Å².